The Hall–Kier alpha value is -4.66. The number of aryl methyl sites for hydroxylation is 1. The SMILES string of the molecule is IC1(I)c2ccccc2-c2ccc(N(C3=CC=C(C4=CC(C5=CCC(N(c6ccccc6)c6cccc7c6C=CCC7)C=C5)CC=C4)CC3)c3ccccc3)cc21. The third-order valence-corrected chi connectivity index (χ3v) is 14.5. The van der Waals surface area contributed by atoms with Gasteiger partial charge in [-0.1, -0.05) is 179 Å². The molecule has 0 fully saturated rings. The second kappa shape index (κ2) is 15.6. The van der Waals surface area contributed by atoms with E-state index in [0.29, 0.717) is 5.92 Å². The molecule has 280 valence electrons. The van der Waals surface area contributed by atoms with Crippen LogP contribution in [0, 0.1) is 5.92 Å². The number of halogens is 2. The molecule has 2 nitrogen and oxygen atoms in total. The van der Waals surface area contributed by atoms with E-state index in [1.807, 2.05) is 0 Å². The van der Waals surface area contributed by atoms with E-state index in [0.717, 1.165) is 38.5 Å². The molecular weight excluding hydrogens is 918 g/mol. The van der Waals surface area contributed by atoms with Gasteiger partial charge in [0.2, 0.25) is 0 Å². The van der Waals surface area contributed by atoms with E-state index in [1.54, 1.807) is 0 Å². The third-order valence-electron chi connectivity index (χ3n) is 12.2. The summed E-state index contributed by atoms with van der Waals surface area (Å²) < 4.78 is -0.103. The standard InChI is InChI=1S/C53H44I2N2/c54-53(55)50-23-10-9-22-48(50)49-34-33-46(36-51(49)53)56(42-17-3-1-4-18-42)44-29-25-37(26-30-44)40-15-11-16-41(35-40)38-27-31-45(32-28-38)57(43-19-5-2-6-20-43)52-24-12-14-39-13-7-8-21-47(39)52/h1-6,8-12,14-15,17-25,27-29,31,33-36,41,45H,7,13,16,26,30,32H2. The van der Waals surface area contributed by atoms with E-state index >= 15 is 0 Å². The van der Waals surface area contributed by atoms with Crippen molar-refractivity contribution in [2.75, 3.05) is 9.80 Å². The molecule has 10 rings (SSSR count). The van der Waals surface area contributed by atoms with Gasteiger partial charge >= 0.3 is 0 Å². The lowest BCUT2D eigenvalue weighted by Crippen LogP contribution is -2.31. The summed E-state index contributed by atoms with van der Waals surface area (Å²) in [5.41, 5.74) is 18.8. The summed E-state index contributed by atoms with van der Waals surface area (Å²) in [6.07, 6.45) is 30.3. The van der Waals surface area contributed by atoms with Crippen LogP contribution in [0.3, 0.4) is 0 Å². The highest BCUT2D eigenvalue weighted by Crippen LogP contribution is 2.58. The molecule has 4 heteroatoms. The van der Waals surface area contributed by atoms with Crippen molar-refractivity contribution in [3.63, 3.8) is 0 Å². The van der Waals surface area contributed by atoms with Gasteiger partial charge in [-0.15, -0.1) is 0 Å². The first-order chi connectivity index (χ1) is 28.0. The quantitative estimate of drug-likeness (QED) is 0.113. The topological polar surface area (TPSA) is 6.48 Å². The zero-order valence-electron chi connectivity index (χ0n) is 31.9. The Morgan fingerprint density at radius 3 is 2.19 bits per heavy atom. The van der Waals surface area contributed by atoms with Gasteiger partial charge in [-0.25, -0.2) is 0 Å². The fourth-order valence-corrected chi connectivity index (χ4v) is 11.2. The Kier molecular flexibility index (Phi) is 10.0. The van der Waals surface area contributed by atoms with Crippen molar-refractivity contribution < 1.29 is 0 Å². The number of fused-ring (bicyclic) bond motifs is 4. The molecule has 0 saturated heterocycles. The number of anilines is 4. The number of allylic oxidation sites excluding steroid dienone is 11. The summed E-state index contributed by atoms with van der Waals surface area (Å²) in [6.45, 7) is 0. The van der Waals surface area contributed by atoms with Crippen molar-refractivity contribution in [3.05, 3.63) is 221 Å². The molecule has 5 aromatic rings. The Labute approximate surface area is 364 Å². The predicted molar refractivity (Wildman–Crippen MR) is 258 cm³/mol. The Bertz CT molecular complexity index is 2570. The summed E-state index contributed by atoms with van der Waals surface area (Å²) in [7, 11) is 0. The van der Waals surface area contributed by atoms with Gasteiger partial charge in [0.1, 0.15) is 1.43 Å². The molecule has 0 amide bonds. The normalized spacial score (nSPS) is 20.0. The van der Waals surface area contributed by atoms with Crippen LogP contribution in [0.15, 0.2) is 198 Å². The van der Waals surface area contributed by atoms with Crippen molar-refractivity contribution in [3.8, 4) is 11.1 Å². The van der Waals surface area contributed by atoms with Gasteiger partial charge in [0.15, 0.2) is 0 Å². The van der Waals surface area contributed by atoms with E-state index in [1.165, 1.54) is 78.5 Å². The fourth-order valence-electron chi connectivity index (χ4n) is 9.39. The summed E-state index contributed by atoms with van der Waals surface area (Å²) in [6, 6.07) is 44.9. The first kappa shape index (κ1) is 36.7. The van der Waals surface area contributed by atoms with Crippen LogP contribution >= 0.6 is 45.2 Å². The van der Waals surface area contributed by atoms with Gasteiger partial charge < -0.3 is 9.80 Å². The average molecular weight is 963 g/mol. The van der Waals surface area contributed by atoms with Crippen molar-refractivity contribution in [2.45, 2.75) is 46.0 Å². The summed E-state index contributed by atoms with van der Waals surface area (Å²) in [5.74, 6) is 0.379. The molecular formula is C53H44I2N2. The van der Waals surface area contributed by atoms with Crippen molar-refractivity contribution >= 4 is 74.0 Å². The minimum absolute atomic E-state index is 0.103. The molecule has 0 aliphatic heterocycles. The molecule has 2 unspecified atom stereocenters. The molecule has 5 aliphatic rings. The third kappa shape index (κ3) is 6.93. The number of benzene rings is 5. The highest BCUT2D eigenvalue weighted by molar-refractivity contribution is 14.2. The Morgan fingerprint density at radius 1 is 0.614 bits per heavy atom. The van der Waals surface area contributed by atoms with Gasteiger partial charge in [0, 0.05) is 39.9 Å². The molecule has 0 bridgehead atoms. The van der Waals surface area contributed by atoms with E-state index < -0.39 is 0 Å². The molecule has 57 heavy (non-hydrogen) atoms. The Balaban J connectivity index is 0.912. The van der Waals surface area contributed by atoms with Crippen LogP contribution in [-0.4, -0.2) is 6.04 Å². The van der Waals surface area contributed by atoms with E-state index in [2.05, 4.69) is 237 Å². The minimum Gasteiger partial charge on any atom is -0.334 e. The number of rotatable bonds is 8. The summed E-state index contributed by atoms with van der Waals surface area (Å²) in [5, 5.41) is 0. The monoisotopic (exact) mass is 962 g/mol. The summed E-state index contributed by atoms with van der Waals surface area (Å²) >= 11 is 5.27. The average Bonchev–Trinajstić information content (AvgIpc) is 3.50. The molecule has 5 aliphatic carbocycles. The molecule has 2 atom stereocenters. The van der Waals surface area contributed by atoms with Gasteiger partial charge in [-0.2, -0.15) is 0 Å². The van der Waals surface area contributed by atoms with Gasteiger partial charge in [-0.3, -0.25) is 0 Å². The van der Waals surface area contributed by atoms with Gasteiger partial charge in [-0.05, 0) is 132 Å². The lowest BCUT2D eigenvalue weighted by Gasteiger charge is -2.36. The maximum atomic E-state index is 2.64. The lowest BCUT2D eigenvalue weighted by molar-refractivity contribution is 0.726. The smallest absolute Gasteiger partial charge is 0.124 e. The highest BCUT2D eigenvalue weighted by Gasteiger charge is 2.39. The molecule has 5 aromatic carbocycles. The van der Waals surface area contributed by atoms with E-state index in [9.17, 15) is 0 Å². The molecule has 0 spiro atoms. The predicted octanol–water partition coefficient (Wildman–Crippen LogP) is 15.0. The lowest BCUT2D eigenvalue weighted by atomic mass is 9.82. The van der Waals surface area contributed by atoms with Crippen LogP contribution in [0.5, 0.6) is 0 Å². The second-order valence-electron chi connectivity index (χ2n) is 15.6. The largest absolute Gasteiger partial charge is 0.334 e. The molecule has 0 heterocycles. The minimum atomic E-state index is -0.103. The van der Waals surface area contributed by atoms with Crippen molar-refractivity contribution in [1.82, 2.24) is 0 Å². The van der Waals surface area contributed by atoms with Crippen LogP contribution in [0.4, 0.5) is 22.7 Å². The van der Waals surface area contributed by atoms with E-state index in [4.69, 9.17) is 0 Å². The number of hydrogen-bond donors (Lipinski definition) is 0. The van der Waals surface area contributed by atoms with Crippen molar-refractivity contribution in [2.24, 2.45) is 5.92 Å². The van der Waals surface area contributed by atoms with Crippen LogP contribution in [0.2, 0.25) is 0 Å². The molecule has 0 N–H and O–H groups in total. The maximum Gasteiger partial charge on any atom is 0.124 e. The van der Waals surface area contributed by atoms with Crippen LogP contribution in [0.1, 0.15) is 54.4 Å². The molecule has 0 aromatic heterocycles. The molecule has 0 radical (unpaired) electrons. The number of nitrogens with zero attached hydrogens (tertiary/aromatic N) is 2. The van der Waals surface area contributed by atoms with Crippen LogP contribution in [-0.2, 0) is 7.85 Å². The number of para-hydroxylation sites is 2. The highest BCUT2D eigenvalue weighted by atomic mass is 127. The first-order valence-corrected chi connectivity index (χ1v) is 22.5. The number of alkyl halides is 2. The first-order valence-electron chi connectivity index (χ1n) is 20.3. The van der Waals surface area contributed by atoms with Crippen LogP contribution in [0.25, 0.3) is 17.2 Å². The van der Waals surface area contributed by atoms with Gasteiger partial charge in [0.25, 0.3) is 0 Å². The zero-order valence-corrected chi connectivity index (χ0v) is 36.2. The van der Waals surface area contributed by atoms with Crippen LogP contribution < -0.4 is 9.80 Å². The van der Waals surface area contributed by atoms with E-state index in [-0.39, 0.29) is 7.47 Å². The zero-order chi connectivity index (χ0) is 38.3. The second-order valence-corrected chi connectivity index (χ2v) is 20.9. The number of hydrogen-bond acceptors (Lipinski definition) is 2. The fraction of sp³-hybridized carbons (Fsp3) is 0.170. The Morgan fingerprint density at radius 2 is 1.40 bits per heavy atom. The van der Waals surface area contributed by atoms with Gasteiger partial charge in [0.05, 0.1) is 6.04 Å². The molecule has 0 saturated carbocycles. The van der Waals surface area contributed by atoms with Crippen molar-refractivity contribution in [1.29, 1.82) is 0 Å². The summed E-state index contributed by atoms with van der Waals surface area (Å²) in [4.78, 5) is 5.03. The maximum absolute atomic E-state index is 2.64.